The maximum atomic E-state index is 5.93. The summed E-state index contributed by atoms with van der Waals surface area (Å²) in [5.74, 6) is 0. The topological polar surface area (TPSA) is 47.1 Å². The minimum absolute atomic E-state index is 0.338. The van der Waals surface area contributed by atoms with E-state index in [1.807, 2.05) is 11.7 Å². The highest BCUT2D eigenvalue weighted by atomic mass is 15.3. The largest absolute Gasteiger partial charge is 0.326 e. The van der Waals surface area contributed by atoms with Crippen molar-refractivity contribution in [2.75, 3.05) is 13.1 Å². The molecule has 0 bridgehead atoms. The molecule has 1 unspecified atom stereocenters. The molecule has 4 heteroatoms. The molecule has 2 aromatic rings. The minimum Gasteiger partial charge on any atom is -0.326 e. The lowest BCUT2D eigenvalue weighted by molar-refractivity contribution is 0.323. The van der Waals surface area contributed by atoms with Gasteiger partial charge in [-0.3, -0.25) is 9.58 Å². The second kappa shape index (κ2) is 4.13. The van der Waals surface area contributed by atoms with Crippen LogP contribution in [-0.2, 0) is 13.6 Å². The molecule has 1 atom stereocenters. The molecular weight excluding hydrogens is 212 g/mol. The fourth-order valence-corrected chi connectivity index (χ4v) is 2.62. The van der Waals surface area contributed by atoms with Gasteiger partial charge in [-0.2, -0.15) is 5.10 Å². The molecule has 1 fully saturated rings. The summed E-state index contributed by atoms with van der Waals surface area (Å²) in [6, 6.07) is 8.72. The summed E-state index contributed by atoms with van der Waals surface area (Å²) in [4.78, 5) is 2.39. The second-order valence-corrected chi connectivity index (χ2v) is 4.87. The number of aromatic nitrogens is 2. The van der Waals surface area contributed by atoms with Crippen LogP contribution in [0.3, 0.4) is 0 Å². The van der Waals surface area contributed by atoms with Crippen molar-refractivity contribution in [1.82, 2.24) is 14.7 Å². The first kappa shape index (κ1) is 10.7. The summed E-state index contributed by atoms with van der Waals surface area (Å²) in [6.07, 6.45) is 1.10. The first-order valence-corrected chi connectivity index (χ1v) is 6.12. The first-order valence-electron chi connectivity index (χ1n) is 6.12. The Labute approximate surface area is 101 Å². The third-order valence-electron chi connectivity index (χ3n) is 3.52. The number of aryl methyl sites for hydroxylation is 1. The van der Waals surface area contributed by atoms with Gasteiger partial charge in [-0.1, -0.05) is 18.2 Å². The lowest BCUT2D eigenvalue weighted by Crippen LogP contribution is -2.26. The minimum atomic E-state index is 0.338. The van der Waals surface area contributed by atoms with Gasteiger partial charge in [0.2, 0.25) is 0 Å². The third-order valence-corrected chi connectivity index (χ3v) is 3.52. The molecule has 0 amide bonds. The van der Waals surface area contributed by atoms with Crippen molar-refractivity contribution in [2.45, 2.75) is 19.0 Å². The monoisotopic (exact) mass is 230 g/mol. The van der Waals surface area contributed by atoms with Gasteiger partial charge in [-0.15, -0.1) is 0 Å². The van der Waals surface area contributed by atoms with Crippen molar-refractivity contribution < 1.29 is 0 Å². The van der Waals surface area contributed by atoms with Crippen LogP contribution in [0.25, 0.3) is 10.9 Å². The van der Waals surface area contributed by atoms with Crippen molar-refractivity contribution in [3.05, 3.63) is 30.0 Å². The molecule has 4 nitrogen and oxygen atoms in total. The number of nitrogens with two attached hydrogens (primary N) is 1. The smallest absolute Gasteiger partial charge is 0.0843 e. The Morgan fingerprint density at radius 2 is 2.24 bits per heavy atom. The van der Waals surface area contributed by atoms with E-state index in [2.05, 4.69) is 34.3 Å². The summed E-state index contributed by atoms with van der Waals surface area (Å²) >= 11 is 0. The fourth-order valence-electron chi connectivity index (χ4n) is 2.62. The Hall–Kier alpha value is -1.39. The highest BCUT2D eigenvalue weighted by Crippen LogP contribution is 2.20. The number of benzene rings is 1. The standard InChI is InChI=1S/C13H18N4/c1-16-13-5-3-2-4-11(13)12(15-16)9-17-7-6-10(14)8-17/h2-5,10H,6-9,14H2,1H3. The van der Waals surface area contributed by atoms with Crippen LogP contribution in [0.5, 0.6) is 0 Å². The molecule has 1 aliphatic rings. The molecule has 0 spiro atoms. The van der Waals surface area contributed by atoms with Crippen molar-refractivity contribution in [1.29, 1.82) is 0 Å². The SMILES string of the molecule is Cn1nc(CN2CCC(N)C2)c2ccccc21. The Bertz CT molecular complexity index is 531. The summed E-state index contributed by atoms with van der Waals surface area (Å²) in [5, 5.41) is 5.87. The van der Waals surface area contributed by atoms with E-state index >= 15 is 0 Å². The fraction of sp³-hybridized carbons (Fsp3) is 0.462. The third kappa shape index (κ3) is 1.94. The van der Waals surface area contributed by atoms with Crippen LogP contribution in [0.4, 0.5) is 0 Å². The molecule has 0 radical (unpaired) electrons. The van der Waals surface area contributed by atoms with Crippen LogP contribution in [0.1, 0.15) is 12.1 Å². The molecule has 1 aromatic carbocycles. The summed E-state index contributed by atoms with van der Waals surface area (Å²) in [5.41, 5.74) is 8.29. The Morgan fingerprint density at radius 1 is 1.41 bits per heavy atom. The lowest BCUT2D eigenvalue weighted by Gasteiger charge is -2.13. The molecule has 17 heavy (non-hydrogen) atoms. The van der Waals surface area contributed by atoms with Gasteiger partial charge in [0.1, 0.15) is 0 Å². The van der Waals surface area contributed by atoms with Crippen molar-refractivity contribution in [2.24, 2.45) is 12.8 Å². The van der Waals surface area contributed by atoms with Crippen molar-refractivity contribution >= 4 is 10.9 Å². The van der Waals surface area contributed by atoms with Crippen LogP contribution >= 0.6 is 0 Å². The molecule has 0 saturated carbocycles. The van der Waals surface area contributed by atoms with E-state index in [1.165, 1.54) is 10.9 Å². The van der Waals surface area contributed by atoms with Crippen molar-refractivity contribution in [3.63, 3.8) is 0 Å². The highest BCUT2D eigenvalue weighted by Gasteiger charge is 2.20. The number of hydrogen-bond acceptors (Lipinski definition) is 3. The van der Waals surface area contributed by atoms with Crippen LogP contribution in [0, 0.1) is 0 Å². The molecule has 1 aromatic heterocycles. The second-order valence-electron chi connectivity index (χ2n) is 4.87. The Balaban J connectivity index is 1.90. The van der Waals surface area contributed by atoms with E-state index in [0.29, 0.717) is 6.04 Å². The number of fused-ring (bicyclic) bond motifs is 1. The van der Waals surface area contributed by atoms with E-state index in [1.54, 1.807) is 0 Å². The zero-order valence-electron chi connectivity index (χ0n) is 10.1. The van der Waals surface area contributed by atoms with Gasteiger partial charge in [0.15, 0.2) is 0 Å². The van der Waals surface area contributed by atoms with Gasteiger partial charge in [0.05, 0.1) is 11.2 Å². The average molecular weight is 230 g/mol. The van der Waals surface area contributed by atoms with Gasteiger partial charge < -0.3 is 5.73 Å². The molecule has 2 N–H and O–H groups in total. The molecule has 1 aliphatic heterocycles. The zero-order valence-corrected chi connectivity index (χ0v) is 10.1. The van der Waals surface area contributed by atoms with E-state index in [0.717, 1.165) is 31.7 Å². The van der Waals surface area contributed by atoms with Gasteiger partial charge in [0, 0.05) is 38.1 Å². The summed E-state index contributed by atoms with van der Waals surface area (Å²) in [7, 11) is 2.00. The first-order chi connectivity index (χ1) is 8.24. The Morgan fingerprint density at radius 3 is 3.00 bits per heavy atom. The zero-order chi connectivity index (χ0) is 11.8. The van der Waals surface area contributed by atoms with Gasteiger partial charge in [0.25, 0.3) is 0 Å². The maximum absolute atomic E-state index is 5.93. The van der Waals surface area contributed by atoms with E-state index in [-0.39, 0.29) is 0 Å². The van der Waals surface area contributed by atoms with E-state index in [4.69, 9.17) is 5.73 Å². The number of hydrogen-bond donors (Lipinski definition) is 1. The number of nitrogens with zero attached hydrogens (tertiary/aromatic N) is 3. The van der Waals surface area contributed by atoms with Gasteiger partial charge >= 0.3 is 0 Å². The maximum Gasteiger partial charge on any atom is 0.0843 e. The molecular formula is C13H18N4. The highest BCUT2D eigenvalue weighted by molar-refractivity contribution is 5.81. The number of likely N-dealkylation sites (tertiary alicyclic amines) is 1. The van der Waals surface area contributed by atoms with Gasteiger partial charge in [-0.25, -0.2) is 0 Å². The van der Waals surface area contributed by atoms with Crippen LogP contribution in [-0.4, -0.2) is 33.8 Å². The quantitative estimate of drug-likeness (QED) is 0.840. The lowest BCUT2D eigenvalue weighted by atomic mass is 10.2. The van der Waals surface area contributed by atoms with Crippen molar-refractivity contribution in [3.8, 4) is 0 Å². The molecule has 0 aliphatic carbocycles. The Kier molecular flexibility index (Phi) is 2.61. The predicted molar refractivity (Wildman–Crippen MR) is 68.6 cm³/mol. The van der Waals surface area contributed by atoms with E-state index in [9.17, 15) is 0 Å². The van der Waals surface area contributed by atoms with Crippen LogP contribution < -0.4 is 5.73 Å². The van der Waals surface area contributed by atoms with Crippen LogP contribution in [0.2, 0.25) is 0 Å². The number of rotatable bonds is 2. The van der Waals surface area contributed by atoms with E-state index < -0.39 is 0 Å². The molecule has 90 valence electrons. The molecule has 1 saturated heterocycles. The molecule has 3 rings (SSSR count). The summed E-state index contributed by atoms with van der Waals surface area (Å²) < 4.78 is 1.96. The average Bonchev–Trinajstić information content (AvgIpc) is 2.86. The van der Waals surface area contributed by atoms with Gasteiger partial charge in [-0.05, 0) is 12.5 Å². The number of para-hydroxylation sites is 1. The predicted octanol–water partition coefficient (Wildman–Crippen LogP) is 1.11. The summed E-state index contributed by atoms with van der Waals surface area (Å²) in [6.45, 7) is 2.99. The molecule has 2 heterocycles. The van der Waals surface area contributed by atoms with Crippen LogP contribution in [0.15, 0.2) is 24.3 Å². The normalized spacial score (nSPS) is 21.4.